The zero-order chi connectivity index (χ0) is 18.9. The lowest BCUT2D eigenvalue weighted by Gasteiger charge is -2.22. The maximum absolute atomic E-state index is 12.9. The minimum atomic E-state index is 0.240. The molecule has 1 aromatic heterocycles. The second-order valence-corrected chi connectivity index (χ2v) is 7.93. The number of carbonyl (C=O) groups is 1. The summed E-state index contributed by atoms with van der Waals surface area (Å²) < 4.78 is 0. The summed E-state index contributed by atoms with van der Waals surface area (Å²) in [6.45, 7) is 3.31. The first-order chi connectivity index (χ1) is 13.8. The summed E-state index contributed by atoms with van der Waals surface area (Å²) >= 11 is 0. The number of hydrogen-bond acceptors (Lipinski definition) is 3. The Morgan fingerprint density at radius 2 is 1.86 bits per heavy atom. The van der Waals surface area contributed by atoms with E-state index in [0.29, 0.717) is 6.42 Å². The number of nitrogens with one attached hydrogen (secondary N) is 1. The Morgan fingerprint density at radius 1 is 0.964 bits per heavy atom. The van der Waals surface area contributed by atoms with Crippen molar-refractivity contribution in [3.8, 4) is 0 Å². The number of amides is 1. The van der Waals surface area contributed by atoms with E-state index in [2.05, 4.69) is 34.1 Å². The number of anilines is 1. The highest BCUT2D eigenvalue weighted by Gasteiger charge is 2.21. The van der Waals surface area contributed by atoms with E-state index in [1.165, 1.54) is 24.0 Å². The second kappa shape index (κ2) is 7.30. The number of para-hydroxylation sites is 2. The summed E-state index contributed by atoms with van der Waals surface area (Å²) in [5.74, 6) is 1.15. The molecule has 5 nitrogen and oxygen atoms in total. The molecule has 3 aromatic rings. The second-order valence-electron chi connectivity index (χ2n) is 7.93. The van der Waals surface area contributed by atoms with E-state index < -0.39 is 0 Å². The lowest BCUT2D eigenvalue weighted by Crippen LogP contribution is -2.36. The van der Waals surface area contributed by atoms with Crippen molar-refractivity contribution < 1.29 is 4.79 Å². The van der Waals surface area contributed by atoms with E-state index in [0.717, 1.165) is 61.6 Å². The topological polar surface area (TPSA) is 52.2 Å². The number of benzene rings is 2. The van der Waals surface area contributed by atoms with Crippen molar-refractivity contribution in [1.29, 1.82) is 0 Å². The molecule has 0 radical (unpaired) electrons. The molecule has 1 saturated heterocycles. The van der Waals surface area contributed by atoms with E-state index in [4.69, 9.17) is 4.98 Å². The first kappa shape index (κ1) is 17.3. The third kappa shape index (κ3) is 3.37. The minimum absolute atomic E-state index is 0.240. The summed E-state index contributed by atoms with van der Waals surface area (Å²) in [5.41, 5.74) is 6.12. The molecule has 2 aliphatic rings. The lowest BCUT2D eigenvalue weighted by molar-refractivity contribution is -0.130. The van der Waals surface area contributed by atoms with Crippen molar-refractivity contribution in [2.45, 2.75) is 32.1 Å². The van der Waals surface area contributed by atoms with Crippen LogP contribution in [0.5, 0.6) is 0 Å². The normalized spacial score (nSPS) is 17.0. The van der Waals surface area contributed by atoms with E-state index in [9.17, 15) is 4.79 Å². The lowest BCUT2D eigenvalue weighted by atomic mass is 10.0. The van der Waals surface area contributed by atoms with Gasteiger partial charge in [0.1, 0.15) is 0 Å². The Hall–Kier alpha value is -2.82. The van der Waals surface area contributed by atoms with Crippen LogP contribution in [0.4, 0.5) is 5.95 Å². The van der Waals surface area contributed by atoms with Crippen molar-refractivity contribution in [1.82, 2.24) is 14.9 Å². The number of aryl methyl sites for hydroxylation is 2. The van der Waals surface area contributed by atoms with Gasteiger partial charge in [-0.1, -0.05) is 30.3 Å². The number of rotatable bonds is 3. The maximum Gasteiger partial charge on any atom is 0.227 e. The molecule has 5 heteroatoms. The fourth-order valence-corrected chi connectivity index (χ4v) is 4.49. The molecule has 0 bridgehead atoms. The van der Waals surface area contributed by atoms with Crippen molar-refractivity contribution in [3.05, 3.63) is 59.2 Å². The Bertz CT molecular complexity index is 976. The number of aromatic nitrogens is 2. The Morgan fingerprint density at radius 3 is 2.79 bits per heavy atom. The summed E-state index contributed by atoms with van der Waals surface area (Å²) in [4.78, 5) is 25.3. The Labute approximate surface area is 165 Å². The van der Waals surface area contributed by atoms with Crippen molar-refractivity contribution in [2.24, 2.45) is 0 Å². The first-order valence-corrected chi connectivity index (χ1v) is 10.3. The van der Waals surface area contributed by atoms with Crippen LogP contribution in [0, 0.1) is 0 Å². The highest BCUT2D eigenvalue weighted by molar-refractivity contribution is 5.79. The highest BCUT2D eigenvalue weighted by atomic mass is 16.2. The van der Waals surface area contributed by atoms with Gasteiger partial charge in [-0.25, -0.2) is 4.98 Å². The number of nitrogens with zero attached hydrogens (tertiary/aromatic N) is 3. The molecule has 28 heavy (non-hydrogen) atoms. The number of hydrogen-bond donors (Lipinski definition) is 1. The van der Waals surface area contributed by atoms with Crippen LogP contribution in [0.3, 0.4) is 0 Å². The van der Waals surface area contributed by atoms with Gasteiger partial charge >= 0.3 is 0 Å². The number of aromatic amines is 1. The molecule has 1 N–H and O–H groups in total. The predicted molar refractivity (Wildman–Crippen MR) is 112 cm³/mol. The third-order valence-electron chi connectivity index (χ3n) is 6.04. The zero-order valence-corrected chi connectivity index (χ0v) is 16.2. The van der Waals surface area contributed by atoms with Crippen molar-refractivity contribution >= 4 is 22.9 Å². The number of H-pyrrole nitrogens is 1. The summed E-state index contributed by atoms with van der Waals surface area (Å²) in [6.07, 6.45) is 5.07. The smallest absolute Gasteiger partial charge is 0.227 e. The molecule has 1 aliphatic carbocycles. The van der Waals surface area contributed by atoms with Crippen LogP contribution < -0.4 is 4.90 Å². The fraction of sp³-hybridized carbons (Fsp3) is 0.391. The zero-order valence-electron chi connectivity index (χ0n) is 16.2. The van der Waals surface area contributed by atoms with Gasteiger partial charge in [-0.3, -0.25) is 4.79 Å². The molecule has 0 saturated carbocycles. The molecular weight excluding hydrogens is 348 g/mol. The quantitative estimate of drug-likeness (QED) is 0.765. The van der Waals surface area contributed by atoms with E-state index in [-0.39, 0.29) is 5.91 Å². The summed E-state index contributed by atoms with van der Waals surface area (Å²) in [5, 5.41) is 0. The van der Waals surface area contributed by atoms with Gasteiger partial charge in [-0.2, -0.15) is 0 Å². The SMILES string of the molecule is O=C(Cc1ccc2c(c1)CCC2)N1CCCN(c2nc3ccccc3[nH]2)CC1. The van der Waals surface area contributed by atoms with Gasteiger partial charge in [0.05, 0.1) is 17.5 Å². The van der Waals surface area contributed by atoms with Gasteiger partial charge in [-0.05, 0) is 54.5 Å². The van der Waals surface area contributed by atoms with E-state index >= 15 is 0 Å². The average molecular weight is 374 g/mol. The van der Waals surface area contributed by atoms with Crippen molar-refractivity contribution in [2.75, 3.05) is 31.1 Å². The van der Waals surface area contributed by atoms with Gasteiger partial charge in [0, 0.05) is 26.2 Å². The average Bonchev–Trinajstić information content (AvgIpc) is 3.27. The van der Waals surface area contributed by atoms with Crippen LogP contribution in [-0.2, 0) is 24.1 Å². The van der Waals surface area contributed by atoms with Gasteiger partial charge in [0.15, 0.2) is 0 Å². The minimum Gasteiger partial charge on any atom is -0.341 e. The van der Waals surface area contributed by atoms with Crippen LogP contribution in [0.15, 0.2) is 42.5 Å². The van der Waals surface area contributed by atoms with Crippen LogP contribution in [0.25, 0.3) is 11.0 Å². The molecule has 2 heterocycles. The van der Waals surface area contributed by atoms with Crippen LogP contribution >= 0.6 is 0 Å². The van der Waals surface area contributed by atoms with Gasteiger partial charge in [0.25, 0.3) is 0 Å². The standard InChI is InChI=1S/C23H26N4O/c28-22(16-17-9-10-18-5-3-6-19(18)15-17)26-11-4-12-27(14-13-26)23-24-20-7-1-2-8-21(20)25-23/h1-2,7-10,15H,3-6,11-14,16H2,(H,24,25). The van der Waals surface area contributed by atoms with Gasteiger partial charge < -0.3 is 14.8 Å². The van der Waals surface area contributed by atoms with Gasteiger partial charge in [-0.15, -0.1) is 0 Å². The molecule has 0 unspecified atom stereocenters. The maximum atomic E-state index is 12.9. The highest BCUT2D eigenvalue weighted by Crippen LogP contribution is 2.23. The molecular formula is C23H26N4O. The summed E-state index contributed by atoms with van der Waals surface area (Å²) in [7, 11) is 0. The number of fused-ring (bicyclic) bond motifs is 2. The van der Waals surface area contributed by atoms with Crippen LogP contribution in [-0.4, -0.2) is 47.0 Å². The molecule has 0 atom stereocenters. The van der Waals surface area contributed by atoms with Crippen LogP contribution in [0.2, 0.25) is 0 Å². The fourth-order valence-electron chi connectivity index (χ4n) is 4.49. The molecule has 5 rings (SSSR count). The summed E-state index contributed by atoms with van der Waals surface area (Å²) in [6, 6.07) is 14.7. The number of carbonyl (C=O) groups excluding carboxylic acids is 1. The molecule has 1 aliphatic heterocycles. The third-order valence-corrected chi connectivity index (χ3v) is 6.04. The predicted octanol–water partition coefficient (Wildman–Crippen LogP) is 3.33. The monoisotopic (exact) mass is 374 g/mol. The molecule has 1 amide bonds. The van der Waals surface area contributed by atoms with Crippen LogP contribution in [0.1, 0.15) is 29.5 Å². The van der Waals surface area contributed by atoms with Crippen molar-refractivity contribution in [3.63, 3.8) is 0 Å². The Kier molecular flexibility index (Phi) is 4.51. The molecule has 2 aromatic carbocycles. The largest absolute Gasteiger partial charge is 0.341 e. The Balaban J connectivity index is 1.24. The first-order valence-electron chi connectivity index (χ1n) is 10.3. The van der Waals surface area contributed by atoms with Gasteiger partial charge in [0.2, 0.25) is 11.9 Å². The molecule has 1 fully saturated rings. The van der Waals surface area contributed by atoms with E-state index in [1.54, 1.807) is 0 Å². The van der Waals surface area contributed by atoms with E-state index in [1.807, 2.05) is 23.1 Å². The molecule has 0 spiro atoms. The molecule has 144 valence electrons. The number of imidazole rings is 1.